The maximum Gasteiger partial charge on any atom is 0.460 e. The number of rotatable bonds is 11. The molecule has 0 aromatic heterocycles. The zero-order valence-corrected chi connectivity index (χ0v) is 23.5. The molecule has 0 radical (unpaired) electrons. The zero-order chi connectivity index (χ0) is 38.9. The van der Waals surface area contributed by atoms with Gasteiger partial charge >= 0.3 is 59.5 Å². The van der Waals surface area contributed by atoms with Gasteiger partial charge in [0.15, 0.2) is 0 Å². The Bertz CT molecular complexity index is 1580. The number of benzene rings is 2. The molecule has 0 aliphatic carbocycles. The first-order valence-electron chi connectivity index (χ1n) is 12.9. The summed E-state index contributed by atoms with van der Waals surface area (Å²) in [6.07, 6.45) is -10.4. The Morgan fingerprint density at radius 2 is 0.740 bits per heavy atom. The Kier molecular flexibility index (Phi) is 9.64. The van der Waals surface area contributed by atoms with Crippen LogP contribution in [0, 0.1) is 0 Å². The highest BCUT2D eigenvalue weighted by molar-refractivity contribution is 6.06. The molecule has 0 unspecified atom stereocenters. The molecule has 2 nitrogen and oxygen atoms in total. The van der Waals surface area contributed by atoms with E-state index in [4.69, 9.17) is 0 Å². The van der Waals surface area contributed by atoms with Crippen molar-refractivity contribution in [2.45, 2.75) is 72.3 Å². The van der Waals surface area contributed by atoms with Crippen molar-refractivity contribution in [2.75, 3.05) is 4.90 Å². The normalized spacial score (nSPS) is 15.8. The molecule has 2 aromatic carbocycles. The molecule has 0 saturated heterocycles. The van der Waals surface area contributed by atoms with Crippen LogP contribution in [-0.4, -0.2) is 65.4 Å². The first kappa shape index (κ1) is 40.6. The minimum Gasteiger partial charge on any atom is -0.280 e. The second-order valence-electron chi connectivity index (χ2n) is 10.5. The molecule has 0 fully saturated rings. The van der Waals surface area contributed by atoms with Gasteiger partial charge in [0.1, 0.15) is 0 Å². The van der Waals surface area contributed by atoms with E-state index >= 15 is 0 Å². The molecule has 23 heteroatoms. The number of alkyl halides is 21. The van der Waals surface area contributed by atoms with Gasteiger partial charge in [0.05, 0.1) is 11.4 Å². The van der Waals surface area contributed by atoms with E-state index in [1.165, 1.54) is 48.6 Å². The summed E-state index contributed by atoms with van der Waals surface area (Å²) in [5, 5.41) is 0. The lowest BCUT2D eigenvalue weighted by Gasteiger charge is -2.44. The van der Waals surface area contributed by atoms with Crippen LogP contribution in [0.15, 0.2) is 48.5 Å². The molecule has 50 heavy (non-hydrogen) atoms. The van der Waals surface area contributed by atoms with Crippen LogP contribution in [-0.2, 0) is 4.79 Å². The number of carbonyl (C=O) groups is 1. The predicted molar refractivity (Wildman–Crippen MR) is 129 cm³/mol. The summed E-state index contributed by atoms with van der Waals surface area (Å²) >= 11 is 0. The minimum absolute atomic E-state index is 0.138. The number of hydrogen-bond acceptors (Lipinski definition) is 1. The summed E-state index contributed by atoms with van der Waals surface area (Å²) in [5.41, 5.74) is -0.0830. The summed E-state index contributed by atoms with van der Waals surface area (Å²) in [7, 11) is 0. The Hall–Kier alpha value is -3.82. The van der Waals surface area contributed by atoms with Crippen LogP contribution in [0.2, 0.25) is 0 Å². The topological polar surface area (TPSA) is 20.3 Å². The number of amides is 1. The van der Waals surface area contributed by atoms with Gasteiger partial charge in [-0.3, -0.25) is 9.69 Å². The van der Waals surface area contributed by atoms with Gasteiger partial charge in [-0.05, 0) is 23.3 Å². The lowest BCUT2D eigenvalue weighted by molar-refractivity contribution is -0.474. The van der Waals surface area contributed by atoms with Crippen molar-refractivity contribution in [3.63, 3.8) is 0 Å². The Labute approximate surface area is 264 Å². The molecule has 1 heterocycles. The van der Waals surface area contributed by atoms with Crippen molar-refractivity contribution < 1.29 is 97.0 Å². The van der Waals surface area contributed by atoms with Gasteiger partial charge in [-0.25, -0.2) is 0 Å². The fraction of sp³-hybridized carbons (Fsp3) is 0.444. The number of para-hydroxylation sites is 2. The van der Waals surface area contributed by atoms with Crippen LogP contribution in [0.1, 0.15) is 24.0 Å². The smallest absolute Gasteiger partial charge is 0.280 e. The Morgan fingerprint density at radius 1 is 0.440 bits per heavy atom. The van der Waals surface area contributed by atoms with Gasteiger partial charge in [-0.2, -0.15) is 92.2 Å². The maximum absolute atomic E-state index is 14.6. The second kappa shape index (κ2) is 11.9. The van der Waals surface area contributed by atoms with Gasteiger partial charge < -0.3 is 0 Å². The molecule has 1 aliphatic rings. The summed E-state index contributed by atoms with van der Waals surface area (Å²) in [4.78, 5) is 13.6. The molecular weight excluding hydrogens is 753 g/mol. The van der Waals surface area contributed by atoms with Crippen molar-refractivity contribution in [2.24, 2.45) is 0 Å². The van der Waals surface area contributed by atoms with Gasteiger partial charge in [-0.15, -0.1) is 0 Å². The van der Waals surface area contributed by atoms with Crippen LogP contribution >= 0.6 is 0 Å². The number of fused-ring (bicyclic) bond motifs is 2. The minimum atomic E-state index is -9.24. The van der Waals surface area contributed by atoms with Gasteiger partial charge in [0.25, 0.3) is 0 Å². The summed E-state index contributed by atoms with van der Waals surface area (Å²) in [5.74, 6) is -79.5. The molecule has 0 spiro atoms. The summed E-state index contributed by atoms with van der Waals surface area (Å²) < 4.78 is 287. The molecule has 0 N–H and O–H groups in total. The fourth-order valence-corrected chi connectivity index (χ4v) is 4.37. The fourth-order valence-electron chi connectivity index (χ4n) is 4.37. The van der Waals surface area contributed by atoms with Gasteiger partial charge in [0.2, 0.25) is 5.91 Å². The van der Waals surface area contributed by atoms with E-state index in [0.717, 1.165) is 12.1 Å². The van der Waals surface area contributed by atoms with Gasteiger partial charge in [0, 0.05) is 12.8 Å². The van der Waals surface area contributed by atoms with Crippen molar-refractivity contribution >= 4 is 29.4 Å². The van der Waals surface area contributed by atoms with Crippen LogP contribution in [0.4, 0.5) is 104 Å². The third-order valence-corrected chi connectivity index (χ3v) is 7.28. The van der Waals surface area contributed by atoms with Crippen molar-refractivity contribution in [1.29, 1.82) is 0 Å². The molecule has 1 aliphatic heterocycles. The van der Waals surface area contributed by atoms with Crippen molar-refractivity contribution in [3.8, 4) is 0 Å². The molecule has 0 bridgehead atoms. The molecule has 2 aromatic rings. The molecule has 1 amide bonds. The van der Waals surface area contributed by atoms with Crippen LogP contribution in [0.5, 0.6) is 0 Å². The summed E-state index contributed by atoms with van der Waals surface area (Å²) in [6, 6.07) is 10.2. The molecular formula is C27H14F21NO. The Balaban J connectivity index is 2.01. The average Bonchev–Trinajstić information content (AvgIpc) is 3.15. The van der Waals surface area contributed by atoms with E-state index in [1.807, 2.05) is 0 Å². The van der Waals surface area contributed by atoms with Gasteiger partial charge in [-0.1, -0.05) is 48.6 Å². The largest absolute Gasteiger partial charge is 0.460 e. The Morgan fingerprint density at radius 3 is 1.08 bits per heavy atom. The first-order chi connectivity index (χ1) is 22.2. The number of hydrogen-bond donors (Lipinski definition) is 0. The summed E-state index contributed by atoms with van der Waals surface area (Å²) in [6.45, 7) is 0. The van der Waals surface area contributed by atoms with E-state index in [-0.39, 0.29) is 22.5 Å². The number of carbonyl (C=O) groups excluding carboxylic acids is 1. The lowest BCUT2D eigenvalue weighted by atomic mass is 9.85. The van der Waals surface area contributed by atoms with E-state index < -0.39 is 78.2 Å². The molecule has 0 atom stereocenters. The highest BCUT2D eigenvalue weighted by atomic mass is 19.4. The molecule has 0 saturated carbocycles. The van der Waals surface area contributed by atoms with Crippen LogP contribution in [0.25, 0.3) is 12.2 Å². The third-order valence-electron chi connectivity index (χ3n) is 7.28. The van der Waals surface area contributed by atoms with Crippen molar-refractivity contribution in [1.82, 2.24) is 0 Å². The lowest BCUT2D eigenvalue weighted by Crippen LogP contribution is -2.76. The zero-order valence-electron chi connectivity index (χ0n) is 23.5. The number of nitrogens with zero attached hydrogens (tertiary/aromatic N) is 1. The number of halogens is 21. The van der Waals surface area contributed by atoms with E-state index in [0.29, 0.717) is 4.90 Å². The van der Waals surface area contributed by atoms with Crippen LogP contribution < -0.4 is 4.90 Å². The molecule has 3 rings (SSSR count). The maximum atomic E-state index is 14.6. The average molecular weight is 767 g/mol. The highest BCUT2D eigenvalue weighted by Gasteiger charge is 2.97. The third kappa shape index (κ3) is 5.52. The van der Waals surface area contributed by atoms with E-state index in [2.05, 4.69) is 0 Å². The predicted octanol–water partition coefficient (Wildman–Crippen LogP) is 10.9. The molecule has 280 valence electrons. The SMILES string of the molecule is O=C(CCC(F)(F)C(F)(F)C(F)(F)C(F)(F)C(F)(F)C(F)(F)C(F)(F)C(F)(F)C(F)(F)C(F)(F)F)N1c2ccccc2C=Cc2ccccc21. The van der Waals surface area contributed by atoms with Crippen LogP contribution in [0.3, 0.4) is 0 Å². The van der Waals surface area contributed by atoms with Crippen molar-refractivity contribution in [3.05, 3.63) is 59.7 Å². The standard InChI is InChI=1S/C27H14F21NO/c28-18(29,12-11-17(50)49-15-7-3-1-5-13(15)9-10-14-6-2-4-8-16(14)49)19(30,31)20(32,33)21(34,35)22(36,37)23(38,39)24(40,41)25(42,43)26(44,45)27(46,47)48/h1-10H,11-12H2. The quantitative estimate of drug-likeness (QED) is 0.209. The first-order valence-corrected chi connectivity index (χ1v) is 12.9. The highest BCUT2D eigenvalue weighted by Crippen LogP contribution is 2.66. The van der Waals surface area contributed by atoms with E-state index in [1.54, 1.807) is 0 Å². The van der Waals surface area contributed by atoms with E-state index in [9.17, 15) is 97.0 Å². The monoisotopic (exact) mass is 767 g/mol. The number of anilines is 2. The second-order valence-corrected chi connectivity index (χ2v) is 10.5.